The second-order valence-corrected chi connectivity index (χ2v) is 5.32. The van der Waals surface area contributed by atoms with Gasteiger partial charge < -0.3 is 10.5 Å². The molecule has 3 nitrogen and oxygen atoms in total. The first kappa shape index (κ1) is 15.5. The number of hydrogen-bond donors (Lipinski definition) is 1. The van der Waals surface area contributed by atoms with Crippen molar-refractivity contribution in [3.05, 3.63) is 29.8 Å². The third kappa shape index (κ3) is 6.27. The summed E-state index contributed by atoms with van der Waals surface area (Å²) in [5.74, 6) is 0.458. The summed E-state index contributed by atoms with van der Waals surface area (Å²) >= 11 is 0. The minimum Gasteiger partial charge on any atom is -0.462 e. The maximum atomic E-state index is 11.7. The van der Waals surface area contributed by atoms with Crippen LogP contribution in [0.3, 0.4) is 0 Å². The van der Waals surface area contributed by atoms with Crippen LogP contribution in [-0.2, 0) is 4.74 Å². The second kappa shape index (κ2) is 8.57. The predicted octanol–water partition coefficient (Wildman–Crippen LogP) is 4.03. The number of anilines is 1. The van der Waals surface area contributed by atoms with Crippen molar-refractivity contribution in [1.29, 1.82) is 0 Å². The molecular weight excluding hydrogens is 238 g/mol. The van der Waals surface area contributed by atoms with Gasteiger partial charge in [-0.25, -0.2) is 4.79 Å². The zero-order valence-electron chi connectivity index (χ0n) is 12.0. The molecule has 0 amide bonds. The Bertz CT molecular complexity index is 388. The lowest BCUT2D eigenvalue weighted by Gasteiger charge is -2.07. The molecule has 1 aromatic rings. The van der Waals surface area contributed by atoms with Crippen molar-refractivity contribution in [2.24, 2.45) is 5.92 Å². The molecular formula is C16H25NO2. The summed E-state index contributed by atoms with van der Waals surface area (Å²) in [7, 11) is 0. The summed E-state index contributed by atoms with van der Waals surface area (Å²) in [4.78, 5) is 11.7. The summed E-state index contributed by atoms with van der Waals surface area (Å²) in [6.45, 7) is 4.97. The molecule has 0 aromatic heterocycles. The van der Waals surface area contributed by atoms with Crippen molar-refractivity contribution in [2.75, 3.05) is 12.3 Å². The highest BCUT2D eigenvalue weighted by Gasteiger charge is 2.09. The van der Waals surface area contributed by atoms with E-state index in [0.29, 0.717) is 17.9 Å². The van der Waals surface area contributed by atoms with Gasteiger partial charge in [0.15, 0.2) is 0 Å². The Morgan fingerprint density at radius 2 is 1.84 bits per heavy atom. The van der Waals surface area contributed by atoms with Crippen LogP contribution in [0.1, 0.15) is 56.3 Å². The van der Waals surface area contributed by atoms with Crippen LogP contribution in [0.2, 0.25) is 0 Å². The lowest BCUT2D eigenvalue weighted by atomic mass is 10.0. The molecule has 0 atom stereocenters. The smallest absolute Gasteiger partial charge is 0.340 e. The van der Waals surface area contributed by atoms with Gasteiger partial charge in [-0.05, 0) is 24.5 Å². The molecule has 0 spiro atoms. The average Bonchev–Trinajstić information content (AvgIpc) is 2.37. The third-order valence-corrected chi connectivity index (χ3v) is 3.09. The molecule has 0 aliphatic carbocycles. The number of benzene rings is 1. The van der Waals surface area contributed by atoms with Crippen LogP contribution < -0.4 is 5.73 Å². The minimum atomic E-state index is -0.319. The van der Waals surface area contributed by atoms with E-state index < -0.39 is 0 Å². The number of nitrogen functional groups attached to an aromatic ring is 1. The Kier molecular flexibility index (Phi) is 7.01. The number of carbonyl (C=O) groups excluding carboxylic acids is 1. The number of carbonyl (C=O) groups is 1. The van der Waals surface area contributed by atoms with Gasteiger partial charge in [0.1, 0.15) is 0 Å². The van der Waals surface area contributed by atoms with Crippen LogP contribution in [0.4, 0.5) is 5.69 Å². The van der Waals surface area contributed by atoms with Crippen LogP contribution in [0.25, 0.3) is 0 Å². The maximum Gasteiger partial charge on any atom is 0.340 e. The fraction of sp³-hybridized carbons (Fsp3) is 0.562. The van der Waals surface area contributed by atoms with E-state index in [0.717, 1.165) is 18.8 Å². The first-order valence-electron chi connectivity index (χ1n) is 7.13. The summed E-state index contributed by atoms with van der Waals surface area (Å²) < 4.78 is 5.22. The highest BCUT2D eigenvalue weighted by atomic mass is 16.5. The summed E-state index contributed by atoms with van der Waals surface area (Å²) in [5, 5.41) is 0. The van der Waals surface area contributed by atoms with Crippen molar-refractivity contribution >= 4 is 11.7 Å². The summed E-state index contributed by atoms with van der Waals surface area (Å²) in [6.07, 6.45) is 5.79. The fourth-order valence-corrected chi connectivity index (χ4v) is 1.93. The lowest BCUT2D eigenvalue weighted by molar-refractivity contribution is 0.0499. The molecule has 0 aliphatic heterocycles. The van der Waals surface area contributed by atoms with E-state index in [1.807, 2.05) is 0 Å². The zero-order chi connectivity index (χ0) is 14.1. The Hall–Kier alpha value is -1.51. The van der Waals surface area contributed by atoms with Gasteiger partial charge in [0.05, 0.1) is 12.2 Å². The van der Waals surface area contributed by atoms with Gasteiger partial charge in [-0.3, -0.25) is 0 Å². The molecule has 1 aromatic carbocycles. The molecule has 106 valence electrons. The van der Waals surface area contributed by atoms with Gasteiger partial charge in [-0.2, -0.15) is 0 Å². The highest BCUT2D eigenvalue weighted by Crippen LogP contribution is 2.13. The first-order valence-corrected chi connectivity index (χ1v) is 7.13. The SMILES string of the molecule is CC(C)CCCCCCOC(=O)c1ccccc1N. The van der Waals surface area contributed by atoms with E-state index in [2.05, 4.69) is 13.8 Å². The number of hydrogen-bond acceptors (Lipinski definition) is 3. The van der Waals surface area contributed by atoms with Gasteiger partial charge in [0.2, 0.25) is 0 Å². The fourth-order valence-electron chi connectivity index (χ4n) is 1.93. The molecule has 0 fully saturated rings. The van der Waals surface area contributed by atoms with E-state index in [1.165, 1.54) is 19.3 Å². The molecule has 3 heteroatoms. The van der Waals surface area contributed by atoms with E-state index in [-0.39, 0.29) is 5.97 Å². The Labute approximate surface area is 116 Å². The Morgan fingerprint density at radius 3 is 2.53 bits per heavy atom. The standard InChI is InChI=1S/C16H25NO2/c1-13(2)9-5-3-4-8-12-19-16(18)14-10-6-7-11-15(14)17/h6-7,10-11,13H,3-5,8-9,12,17H2,1-2H3. The number of rotatable bonds is 8. The highest BCUT2D eigenvalue weighted by molar-refractivity contribution is 5.94. The number of para-hydroxylation sites is 1. The van der Waals surface area contributed by atoms with Crippen molar-refractivity contribution < 1.29 is 9.53 Å². The molecule has 0 saturated heterocycles. The van der Waals surface area contributed by atoms with E-state index in [9.17, 15) is 4.79 Å². The minimum absolute atomic E-state index is 0.319. The monoisotopic (exact) mass is 263 g/mol. The van der Waals surface area contributed by atoms with Gasteiger partial charge in [0, 0.05) is 5.69 Å². The Balaban J connectivity index is 2.13. The van der Waals surface area contributed by atoms with Crippen LogP contribution in [-0.4, -0.2) is 12.6 Å². The van der Waals surface area contributed by atoms with E-state index in [4.69, 9.17) is 10.5 Å². The predicted molar refractivity (Wildman–Crippen MR) is 79.1 cm³/mol. The normalized spacial score (nSPS) is 10.7. The van der Waals surface area contributed by atoms with Gasteiger partial charge >= 0.3 is 5.97 Å². The largest absolute Gasteiger partial charge is 0.462 e. The van der Waals surface area contributed by atoms with Gasteiger partial charge in [0.25, 0.3) is 0 Å². The molecule has 0 bridgehead atoms. The lowest BCUT2D eigenvalue weighted by Crippen LogP contribution is -2.09. The van der Waals surface area contributed by atoms with Crippen LogP contribution in [0.5, 0.6) is 0 Å². The summed E-state index contributed by atoms with van der Waals surface area (Å²) in [6, 6.07) is 7.00. The van der Waals surface area contributed by atoms with Gasteiger partial charge in [-0.1, -0.05) is 51.7 Å². The third-order valence-electron chi connectivity index (χ3n) is 3.09. The summed E-state index contributed by atoms with van der Waals surface area (Å²) in [5.41, 5.74) is 6.66. The van der Waals surface area contributed by atoms with Crippen molar-refractivity contribution in [1.82, 2.24) is 0 Å². The quantitative estimate of drug-likeness (QED) is 0.437. The van der Waals surface area contributed by atoms with E-state index >= 15 is 0 Å². The van der Waals surface area contributed by atoms with Gasteiger partial charge in [-0.15, -0.1) is 0 Å². The second-order valence-electron chi connectivity index (χ2n) is 5.32. The maximum absolute atomic E-state index is 11.7. The molecule has 0 saturated carbocycles. The zero-order valence-corrected chi connectivity index (χ0v) is 12.0. The molecule has 19 heavy (non-hydrogen) atoms. The average molecular weight is 263 g/mol. The number of unbranched alkanes of at least 4 members (excludes halogenated alkanes) is 3. The number of ether oxygens (including phenoxy) is 1. The molecule has 0 unspecified atom stereocenters. The van der Waals surface area contributed by atoms with E-state index in [1.54, 1.807) is 24.3 Å². The number of nitrogens with two attached hydrogens (primary N) is 1. The topological polar surface area (TPSA) is 52.3 Å². The molecule has 0 heterocycles. The van der Waals surface area contributed by atoms with Crippen LogP contribution in [0, 0.1) is 5.92 Å². The van der Waals surface area contributed by atoms with Crippen LogP contribution >= 0.6 is 0 Å². The molecule has 0 radical (unpaired) electrons. The Morgan fingerprint density at radius 1 is 1.16 bits per heavy atom. The van der Waals surface area contributed by atoms with Crippen molar-refractivity contribution in [3.8, 4) is 0 Å². The molecule has 0 aliphatic rings. The van der Waals surface area contributed by atoms with Crippen molar-refractivity contribution in [3.63, 3.8) is 0 Å². The van der Waals surface area contributed by atoms with Crippen molar-refractivity contribution in [2.45, 2.75) is 46.0 Å². The van der Waals surface area contributed by atoms with Crippen LogP contribution in [0.15, 0.2) is 24.3 Å². The molecule has 2 N–H and O–H groups in total. The number of esters is 1. The first-order chi connectivity index (χ1) is 9.11. The molecule has 1 rings (SSSR count).